The van der Waals surface area contributed by atoms with Crippen molar-refractivity contribution >= 4 is 17.7 Å². The molecule has 4 atom stereocenters. The average Bonchev–Trinajstić information content (AvgIpc) is 3.57. The van der Waals surface area contributed by atoms with Gasteiger partial charge in [0.15, 0.2) is 11.6 Å². The molecule has 1 aliphatic heterocycles. The smallest absolute Gasteiger partial charge is 0.254 e. The van der Waals surface area contributed by atoms with Gasteiger partial charge in [-0.1, -0.05) is 72.8 Å². The molecular weight excluding hydrogens is 660 g/mol. The third-order valence-corrected chi connectivity index (χ3v) is 10.2. The summed E-state index contributed by atoms with van der Waals surface area (Å²) < 4.78 is 28.2. The lowest BCUT2D eigenvalue weighted by atomic mass is 9.97. The summed E-state index contributed by atoms with van der Waals surface area (Å²) in [5, 5.41) is 3.00. The third kappa shape index (κ3) is 9.48. The van der Waals surface area contributed by atoms with Crippen LogP contribution < -0.4 is 11.1 Å². The van der Waals surface area contributed by atoms with Crippen molar-refractivity contribution in [3.8, 4) is 11.1 Å². The summed E-state index contributed by atoms with van der Waals surface area (Å²) in [5.41, 5.74) is 10.5. The van der Waals surface area contributed by atoms with Crippen molar-refractivity contribution < 1.29 is 23.2 Å². The van der Waals surface area contributed by atoms with Crippen LogP contribution in [0.15, 0.2) is 97.1 Å². The van der Waals surface area contributed by atoms with E-state index in [9.17, 15) is 23.2 Å². The number of nitrogens with two attached hydrogens (primary N) is 1. The molecule has 0 saturated carbocycles. The second kappa shape index (κ2) is 17.5. The summed E-state index contributed by atoms with van der Waals surface area (Å²) in [5.74, 6) is -3.29. The van der Waals surface area contributed by atoms with Crippen LogP contribution in [0.2, 0.25) is 0 Å². The van der Waals surface area contributed by atoms with Crippen LogP contribution in [-0.4, -0.2) is 84.8 Å². The predicted molar refractivity (Wildman–Crippen MR) is 200 cm³/mol. The number of nitrogens with zero attached hydrogens (tertiary/aromatic N) is 3. The Balaban J connectivity index is 1.44. The van der Waals surface area contributed by atoms with Crippen LogP contribution in [0.1, 0.15) is 59.3 Å². The molecule has 5 rings (SSSR count). The first-order valence-electron chi connectivity index (χ1n) is 17.9. The van der Waals surface area contributed by atoms with Crippen LogP contribution >= 0.6 is 0 Å². The SMILES string of the molecule is CC(N)c1cccc(C(=O)N(C)[C@H](Cc2ccc(-c3ccccc3)cc2)C(=O)N(C)[C@H](Cc2ccc(F)c(F)c2)C(=O)NCCC2CCCN2C)c1. The standard InChI is InChI=1S/C42H49F2N5O3/c1-28(45)33-12-8-13-34(27-33)41(51)49(4)39(25-29-15-18-32(19-16-29)31-10-6-5-7-11-31)42(52)48(3)38(26-30-17-20-36(43)37(44)24-30)40(50)46-22-21-35-14-9-23-47(35)2/h5-8,10-13,15-20,24,27-28,35,38-39H,9,14,21-23,25-26,45H2,1-4H3,(H,46,50)/t28?,35?,38-,39-/m1/s1. The van der Waals surface area contributed by atoms with Gasteiger partial charge in [0.25, 0.3) is 5.91 Å². The minimum atomic E-state index is -1.06. The lowest BCUT2D eigenvalue weighted by Crippen LogP contribution is -2.56. The first-order valence-corrected chi connectivity index (χ1v) is 17.9. The maximum absolute atomic E-state index is 14.7. The van der Waals surface area contributed by atoms with Gasteiger partial charge >= 0.3 is 0 Å². The molecule has 3 amide bonds. The molecule has 274 valence electrons. The van der Waals surface area contributed by atoms with Gasteiger partial charge in [0.1, 0.15) is 12.1 Å². The Kier molecular flexibility index (Phi) is 12.9. The van der Waals surface area contributed by atoms with Crippen LogP contribution in [-0.2, 0) is 22.4 Å². The summed E-state index contributed by atoms with van der Waals surface area (Å²) in [4.78, 5) is 47.6. The average molecular weight is 710 g/mol. The second-order valence-corrected chi connectivity index (χ2v) is 13.9. The number of likely N-dealkylation sites (tertiary alicyclic amines) is 1. The van der Waals surface area contributed by atoms with Gasteiger partial charge in [-0.15, -0.1) is 0 Å². The molecule has 3 N–H and O–H groups in total. The topological polar surface area (TPSA) is 99.0 Å². The molecule has 4 aromatic carbocycles. The van der Waals surface area contributed by atoms with Crippen molar-refractivity contribution in [2.75, 3.05) is 34.2 Å². The van der Waals surface area contributed by atoms with E-state index in [4.69, 9.17) is 5.73 Å². The Morgan fingerprint density at radius 3 is 2.15 bits per heavy atom. The molecule has 4 aromatic rings. The number of benzene rings is 4. The highest BCUT2D eigenvalue weighted by molar-refractivity contribution is 5.98. The number of likely N-dealkylation sites (N-methyl/N-ethyl adjacent to an activating group) is 2. The van der Waals surface area contributed by atoms with Gasteiger partial charge in [-0.05, 0) is 91.9 Å². The summed E-state index contributed by atoms with van der Waals surface area (Å²) in [6, 6.07) is 26.2. The first-order chi connectivity index (χ1) is 24.9. The fourth-order valence-electron chi connectivity index (χ4n) is 6.88. The molecule has 0 spiro atoms. The Bertz CT molecular complexity index is 1840. The lowest BCUT2D eigenvalue weighted by Gasteiger charge is -2.35. The van der Waals surface area contributed by atoms with Gasteiger partial charge in [0.05, 0.1) is 0 Å². The van der Waals surface area contributed by atoms with Crippen molar-refractivity contribution in [1.82, 2.24) is 20.0 Å². The molecule has 8 nitrogen and oxygen atoms in total. The number of halogens is 2. The third-order valence-electron chi connectivity index (χ3n) is 10.2. The normalized spacial score (nSPS) is 16.2. The number of hydrogen-bond acceptors (Lipinski definition) is 5. The Hall–Kier alpha value is -4.93. The Morgan fingerprint density at radius 2 is 1.50 bits per heavy atom. The van der Waals surface area contributed by atoms with Crippen LogP contribution in [0, 0.1) is 11.6 Å². The summed E-state index contributed by atoms with van der Waals surface area (Å²) in [6.45, 7) is 3.24. The Morgan fingerprint density at radius 1 is 0.827 bits per heavy atom. The molecule has 52 heavy (non-hydrogen) atoms. The molecule has 0 bridgehead atoms. The van der Waals surface area contributed by atoms with E-state index in [0.717, 1.165) is 60.2 Å². The highest BCUT2D eigenvalue weighted by Gasteiger charge is 2.36. The van der Waals surface area contributed by atoms with Gasteiger partial charge < -0.3 is 25.8 Å². The predicted octanol–water partition coefficient (Wildman–Crippen LogP) is 6.01. The number of carbonyl (C=O) groups is 3. The minimum Gasteiger partial charge on any atom is -0.354 e. The number of carbonyl (C=O) groups excluding carboxylic acids is 3. The quantitative estimate of drug-likeness (QED) is 0.167. The van der Waals surface area contributed by atoms with Crippen molar-refractivity contribution in [2.24, 2.45) is 5.73 Å². The van der Waals surface area contributed by atoms with Crippen LogP contribution in [0.4, 0.5) is 8.78 Å². The monoisotopic (exact) mass is 709 g/mol. The zero-order chi connectivity index (χ0) is 37.4. The highest BCUT2D eigenvalue weighted by atomic mass is 19.2. The zero-order valence-corrected chi connectivity index (χ0v) is 30.4. The van der Waals surface area contributed by atoms with Crippen molar-refractivity contribution in [2.45, 2.75) is 63.2 Å². The van der Waals surface area contributed by atoms with E-state index in [1.165, 1.54) is 22.9 Å². The number of hydrogen-bond donors (Lipinski definition) is 2. The van der Waals surface area contributed by atoms with E-state index in [-0.39, 0.29) is 24.8 Å². The summed E-state index contributed by atoms with van der Waals surface area (Å²) >= 11 is 0. The molecule has 0 aliphatic carbocycles. The van der Waals surface area contributed by atoms with E-state index in [0.29, 0.717) is 23.7 Å². The van der Waals surface area contributed by atoms with E-state index in [1.54, 1.807) is 25.2 Å². The largest absolute Gasteiger partial charge is 0.354 e. The van der Waals surface area contributed by atoms with E-state index < -0.39 is 35.5 Å². The molecule has 0 radical (unpaired) electrons. The summed E-state index contributed by atoms with van der Waals surface area (Å²) in [6.07, 6.45) is 3.01. The fourth-order valence-corrected chi connectivity index (χ4v) is 6.88. The number of amides is 3. The lowest BCUT2D eigenvalue weighted by molar-refractivity contribution is -0.142. The minimum absolute atomic E-state index is 0.0544. The molecule has 1 fully saturated rings. The molecular formula is C42H49F2N5O3. The van der Waals surface area contributed by atoms with Crippen molar-refractivity contribution in [3.63, 3.8) is 0 Å². The van der Waals surface area contributed by atoms with Gasteiger partial charge in [-0.25, -0.2) is 8.78 Å². The molecule has 0 aromatic heterocycles. The van der Waals surface area contributed by atoms with Gasteiger partial charge in [-0.2, -0.15) is 0 Å². The molecule has 2 unspecified atom stereocenters. The van der Waals surface area contributed by atoms with Crippen LogP contribution in [0.25, 0.3) is 11.1 Å². The molecule has 1 heterocycles. The number of rotatable bonds is 14. The fraction of sp³-hybridized carbons (Fsp3) is 0.357. The molecule has 10 heteroatoms. The van der Waals surface area contributed by atoms with Gasteiger partial charge in [0, 0.05) is 51.1 Å². The maximum atomic E-state index is 14.7. The van der Waals surface area contributed by atoms with Crippen LogP contribution in [0.3, 0.4) is 0 Å². The van der Waals surface area contributed by atoms with Gasteiger partial charge in [0.2, 0.25) is 11.8 Å². The second-order valence-electron chi connectivity index (χ2n) is 13.9. The van der Waals surface area contributed by atoms with Crippen molar-refractivity contribution in [3.05, 3.63) is 131 Å². The molecule has 1 saturated heterocycles. The van der Waals surface area contributed by atoms with E-state index in [2.05, 4.69) is 17.3 Å². The Labute approximate surface area is 305 Å². The van der Waals surface area contributed by atoms with Gasteiger partial charge in [-0.3, -0.25) is 14.4 Å². The summed E-state index contributed by atoms with van der Waals surface area (Å²) in [7, 11) is 5.17. The van der Waals surface area contributed by atoms with E-state index in [1.807, 2.05) is 67.6 Å². The molecule has 1 aliphatic rings. The maximum Gasteiger partial charge on any atom is 0.254 e. The first kappa shape index (κ1) is 38.3. The van der Waals surface area contributed by atoms with E-state index >= 15 is 0 Å². The zero-order valence-electron chi connectivity index (χ0n) is 30.4. The van der Waals surface area contributed by atoms with Crippen molar-refractivity contribution in [1.29, 1.82) is 0 Å². The number of nitrogens with one attached hydrogen (secondary N) is 1. The van der Waals surface area contributed by atoms with Crippen LogP contribution in [0.5, 0.6) is 0 Å². The highest BCUT2D eigenvalue weighted by Crippen LogP contribution is 2.23.